The summed E-state index contributed by atoms with van der Waals surface area (Å²) in [5.41, 5.74) is 1.37. The Morgan fingerprint density at radius 2 is 2.15 bits per heavy atom. The number of piperidine rings is 1. The van der Waals surface area contributed by atoms with Crippen LogP contribution in [0.25, 0.3) is 0 Å². The molecule has 0 aromatic carbocycles. The summed E-state index contributed by atoms with van der Waals surface area (Å²) in [6.45, 7) is 2.87. The lowest BCUT2D eigenvalue weighted by atomic mass is 9.89. The largest absolute Gasteiger partial charge is 0.351 e. The predicted molar refractivity (Wildman–Crippen MR) is 82.8 cm³/mol. The summed E-state index contributed by atoms with van der Waals surface area (Å²) in [6, 6.07) is 3.52. The molecule has 2 N–H and O–H groups in total. The van der Waals surface area contributed by atoms with Gasteiger partial charge in [-0.15, -0.1) is 11.3 Å². The van der Waals surface area contributed by atoms with Crippen molar-refractivity contribution >= 4 is 17.2 Å². The molecule has 3 heterocycles. The molecule has 3 nitrogen and oxygen atoms in total. The number of fused-ring (bicyclic) bond motifs is 2. The molecule has 2 aliphatic heterocycles. The van der Waals surface area contributed by atoms with Gasteiger partial charge in [0.1, 0.15) is 0 Å². The maximum atomic E-state index is 12.1. The molecule has 20 heavy (non-hydrogen) atoms. The summed E-state index contributed by atoms with van der Waals surface area (Å²) in [4.78, 5) is 13.4. The molecule has 110 valence electrons. The lowest BCUT2D eigenvalue weighted by Gasteiger charge is -2.28. The number of carbonyl (C=O) groups excluding carboxylic acids is 1. The Labute approximate surface area is 125 Å². The third-order valence-corrected chi connectivity index (χ3v) is 5.67. The zero-order chi connectivity index (χ0) is 13.9. The molecule has 2 aliphatic rings. The first-order valence-electron chi connectivity index (χ1n) is 7.82. The monoisotopic (exact) mass is 292 g/mol. The van der Waals surface area contributed by atoms with Gasteiger partial charge in [0.25, 0.3) is 0 Å². The maximum Gasteiger partial charge on any atom is 0.220 e. The third kappa shape index (κ3) is 3.23. The van der Waals surface area contributed by atoms with E-state index < -0.39 is 0 Å². The van der Waals surface area contributed by atoms with Gasteiger partial charge in [-0.25, -0.2) is 0 Å². The zero-order valence-corrected chi connectivity index (χ0v) is 13.0. The van der Waals surface area contributed by atoms with Gasteiger partial charge < -0.3 is 10.6 Å². The van der Waals surface area contributed by atoms with Crippen LogP contribution in [0.2, 0.25) is 0 Å². The topological polar surface area (TPSA) is 41.1 Å². The second-order valence-corrected chi connectivity index (χ2v) is 7.18. The normalized spacial score (nSPS) is 28.6. The second kappa shape index (κ2) is 6.27. The van der Waals surface area contributed by atoms with Gasteiger partial charge in [-0.2, -0.15) is 0 Å². The van der Waals surface area contributed by atoms with Gasteiger partial charge in [0.05, 0.1) is 6.54 Å². The molecule has 2 saturated heterocycles. The van der Waals surface area contributed by atoms with Crippen LogP contribution in [0.4, 0.5) is 0 Å². The lowest BCUT2D eigenvalue weighted by Crippen LogP contribution is -2.39. The van der Waals surface area contributed by atoms with Crippen molar-refractivity contribution in [3.8, 4) is 0 Å². The van der Waals surface area contributed by atoms with Gasteiger partial charge in [0, 0.05) is 23.4 Å². The number of rotatable bonds is 5. The molecular weight excluding hydrogens is 268 g/mol. The fourth-order valence-electron chi connectivity index (χ4n) is 3.69. The minimum atomic E-state index is 0.228. The lowest BCUT2D eigenvalue weighted by molar-refractivity contribution is -0.122. The molecule has 2 atom stereocenters. The summed E-state index contributed by atoms with van der Waals surface area (Å²) < 4.78 is 0. The van der Waals surface area contributed by atoms with Crippen LogP contribution in [0.5, 0.6) is 0 Å². The van der Waals surface area contributed by atoms with Crippen LogP contribution in [-0.2, 0) is 17.8 Å². The molecule has 2 bridgehead atoms. The first-order chi connectivity index (χ1) is 9.74. The van der Waals surface area contributed by atoms with E-state index in [9.17, 15) is 4.79 Å². The molecule has 1 aromatic rings. The minimum absolute atomic E-state index is 0.228. The Hall–Kier alpha value is -0.870. The average molecular weight is 292 g/mol. The highest BCUT2D eigenvalue weighted by Crippen LogP contribution is 2.32. The van der Waals surface area contributed by atoms with Crippen molar-refractivity contribution < 1.29 is 4.79 Å². The van der Waals surface area contributed by atoms with Crippen LogP contribution in [0.15, 0.2) is 11.4 Å². The van der Waals surface area contributed by atoms with Gasteiger partial charge in [-0.1, -0.05) is 6.92 Å². The highest BCUT2D eigenvalue weighted by atomic mass is 32.1. The second-order valence-electron chi connectivity index (χ2n) is 6.18. The molecule has 0 saturated carbocycles. The van der Waals surface area contributed by atoms with Crippen molar-refractivity contribution in [1.82, 2.24) is 10.6 Å². The van der Waals surface area contributed by atoms with Crippen molar-refractivity contribution in [3.05, 3.63) is 21.9 Å². The predicted octanol–water partition coefficient (Wildman–Crippen LogP) is 2.85. The van der Waals surface area contributed by atoms with E-state index in [4.69, 9.17) is 0 Å². The van der Waals surface area contributed by atoms with Gasteiger partial charge in [0.2, 0.25) is 5.91 Å². The molecular formula is C16H24N2OS. The van der Waals surface area contributed by atoms with E-state index in [1.807, 2.05) is 0 Å². The summed E-state index contributed by atoms with van der Waals surface area (Å²) >= 11 is 1.75. The van der Waals surface area contributed by atoms with Gasteiger partial charge in [0.15, 0.2) is 0 Å². The first kappa shape index (κ1) is 14.1. The molecule has 0 radical (unpaired) electrons. The Morgan fingerprint density at radius 1 is 1.40 bits per heavy atom. The summed E-state index contributed by atoms with van der Waals surface area (Å²) in [7, 11) is 0. The molecule has 2 fully saturated rings. The van der Waals surface area contributed by atoms with E-state index in [1.54, 1.807) is 11.3 Å². The first-order valence-corrected chi connectivity index (χ1v) is 8.70. The van der Waals surface area contributed by atoms with E-state index >= 15 is 0 Å². The zero-order valence-electron chi connectivity index (χ0n) is 12.2. The smallest absolute Gasteiger partial charge is 0.220 e. The number of nitrogens with one attached hydrogen (secondary N) is 2. The van der Waals surface area contributed by atoms with Crippen LogP contribution in [0, 0.1) is 5.92 Å². The highest BCUT2D eigenvalue weighted by molar-refractivity contribution is 7.10. The number of carbonyl (C=O) groups is 1. The molecule has 1 aromatic heterocycles. The molecule has 4 heteroatoms. The van der Waals surface area contributed by atoms with Crippen molar-refractivity contribution in [2.45, 2.75) is 64.1 Å². The van der Waals surface area contributed by atoms with Crippen molar-refractivity contribution in [2.24, 2.45) is 5.92 Å². The summed E-state index contributed by atoms with van der Waals surface area (Å²) in [5.74, 6) is 0.814. The van der Waals surface area contributed by atoms with E-state index in [2.05, 4.69) is 29.0 Å². The standard InChI is InChI=1S/C16H24N2OS/c1-2-12-5-6-20-15(12)10-17-16(19)9-11-7-13-3-4-14(8-11)18-13/h5-6,11,13-14,18H,2-4,7-10H2,1H3,(H,17,19). The quantitative estimate of drug-likeness (QED) is 0.876. The summed E-state index contributed by atoms with van der Waals surface area (Å²) in [6.07, 6.45) is 6.73. The Kier molecular flexibility index (Phi) is 4.41. The number of thiophene rings is 1. The molecule has 1 amide bonds. The average Bonchev–Trinajstić information content (AvgIpc) is 3.02. The third-order valence-electron chi connectivity index (χ3n) is 4.71. The van der Waals surface area contributed by atoms with E-state index in [1.165, 1.54) is 36.1 Å². The Balaban J connectivity index is 1.45. The SMILES string of the molecule is CCc1ccsc1CNC(=O)CC1CC2CCC(C1)N2. The number of hydrogen-bond donors (Lipinski definition) is 2. The molecule has 2 unspecified atom stereocenters. The molecule has 0 spiro atoms. The van der Waals surface area contributed by atoms with Gasteiger partial charge >= 0.3 is 0 Å². The molecule has 0 aliphatic carbocycles. The van der Waals surface area contributed by atoms with Crippen LogP contribution in [-0.4, -0.2) is 18.0 Å². The van der Waals surface area contributed by atoms with E-state index in [-0.39, 0.29) is 5.91 Å². The molecule has 3 rings (SSSR count). The Morgan fingerprint density at radius 3 is 2.85 bits per heavy atom. The fraction of sp³-hybridized carbons (Fsp3) is 0.688. The van der Waals surface area contributed by atoms with E-state index in [0.717, 1.165) is 6.42 Å². The van der Waals surface area contributed by atoms with Crippen LogP contribution in [0.1, 0.15) is 49.5 Å². The fourth-order valence-corrected chi connectivity index (χ4v) is 4.61. The van der Waals surface area contributed by atoms with Crippen molar-refractivity contribution in [2.75, 3.05) is 0 Å². The van der Waals surface area contributed by atoms with Crippen molar-refractivity contribution in [3.63, 3.8) is 0 Å². The highest BCUT2D eigenvalue weighted by Gasteiger charge is 2.34. The van der Waals surface area contributed by atoms with Crippen LogP contribution >= 0.6 is 11.3 Å². The van der Waals surface area contributed by atoms with Gasteiger partial charge in [-0.05, 0) is 55.0 Å². The number of aryl methyl sites for hydroxylation is 1. The minimum Gasteiger partial charge on any atom is -0.351 e. The van der Waals surface area contributed by atoms with Gasteiger partial charge in [-0.3, -0.25) is 4.79 Å². The Bertz CT molecular complexity index is 459. The maximum absolute atomic E-state index is 12.1. The number of amides is 1. The van der Waals surface area contributed by atoms with E-state index in [0.29, 0.717) is 31.0 Å². The summed E-state index contributed by atoms with van der Waals surface area (Å²) in [5, 5.41) is 8.86. The van der Waals surface area contributed by atoms with Crippen LogP contribution in [0.3, 0.4) is 0 Å². The van der Waals surface area contributed by atoms with Crippen molar-refractivity contribution in [1.29, 1.82) is 0 Å². The number of hydrogen-bond acceptors (Lipinski definition) is 3. The van der Waals surface area contributed by atoms with Crippen LogP contribution < -0.4 is 10.6 Å².